The fourth-order valence-electron chi connectivity index (χ4n) is 7.91. The summed E-state index contributed by atoms with van der Waals surface area (Å²) in [6.45, 7) is 2.46. The van der Waals surface area contributed by atoms with Crippen LogP contribution in [0.2, 0.25) is 0 Å². The minimum atomic E-state index is -5.60. The summed E-state index contributed by atoms with van der Waals surface area (Å²) in [6, 6.07) is 0. The number of fused-ring (bicyclic) bond motifs is 1. The number of hydrogen-bond donors (Lipinski definition) is 11. The number of nitrogens with two attached hydrogens (primary N) is 1. The maximum atomic E-state index is 12.8. The van der Waals surface area contributed by atoms with E-state index >= 15 is 0 Å². The second kappa shape index (κ2) is 28.1. The highest BCUT2D eigenvalue weighted by molar-refractivity contribution is 8.13. The van der Waals surface area contributed by atoms with Gasteiger partial charge in [0.25, 0.3) is 0 Å². The van der Waals surface area contributed by atoms with E-state index in [9.17, 15) is 72.9 Å². The number of nitrogen functional groups attached to an aromatic ring is 1. The van der Waals surface area contributed by atoms with E-state index in [-0.39, 0.29) is 59.7 Å². The first-order valence-corrected chi connectivity index (χ1v) is 28.9. The first-order chi connectivity index (χ1) is 33.7. The number of anilines is 1. The Morgan fingerprint density at radius 3 is 2.39 bits per heavy atom. The Bertz CT molecular complexity index is 2310. The van der Waals surface area contributed by atoms with Crippen LogP contribution in [0.5, 0.6) is 0 Å². The van der Waals surface area contributed by atoms with Crippen molar-refractivity contribution >= 4 is 74.9 Å². The molecule has 11 unspecified atom stereocenters. The predicted octanol–water partition coefficient (Wildman–Crippen LogP) is 2.07. The number of Topliss-reactive ketones (excluding diaryl/α,β-unsaturated/α-hetero) is 1. The van der Waals surface area contributed by atoms with Gasteiger partial charge >= 0.3 is 23.5 Å². The van der Waals surface area contributed by atoms with Crippen LogP contribution in [0.4, 0.5) is 5.82 Å². The van der Waals surface area contributed by atoms with Crippen LogP contribution in [0.1, 0.15) is 104 Å². The number of carbonyl (C=O) groups excluding carboxylic acids is 4. The van der Waals surface area contributed by atoms with Crippen molar-refractivity contribution in [2.45, 2.75) is 141 Å². The number of phosphoric ester groups is 3. The van der Waals surface area contributed by atoms with E-state index in [0.29, 0.717) is 31.4 Å². The predicted molar refractivity (Wildman–Crippen MR) is 257 cm³/mol. The lowest BCUT2D eigenvalue weighted by atomic mass is 9.87. The monoisotopic (exact) mass is 1100 g/mol. The van der Waals surface area contributed by atoms with Gasteiger partial charge in [-0.05, 0) is 25.2 Å². The number of aliphatic hydroxyl groups is 4. The number of rotatable bonds is 32. The molecule has 2 aliphatic rings. The second-order valence-electron chi connectivity index (χ2n) is 18.1. The van der Waals surface area contributed by atoms with Crippen LogP contribution >= 0.6 is 35.2 Å². The van der Waals surface area contributed by atoms with Crippen molar-refractivity contribution in [1.29, 1.82) is 0 Å². The second-order valence-corrected chi connectivity index (χ2v) is 23.5. The van der Waals surface area contributed by atoms with Crippen LogP contribution in [0.15, 0.2) is 24.8 Å². The number of aliphatic hydroxyl groups excluding tert-OH is 4. The van der Waals surface area contributed by atoms with E-state index in [1.54, 1.807) is 12.2 Å². The minimum absolute atomic E-state index is 0.0158. The molecule has 72 heavy (non-hydrogen) atoms. The van der Waals surface area contributed by atoms with E-state index in [1.165, 1.54) is 13.8 Å². The maximum absolute atomic E-state index is 12.8. The van der Waals surface area contributed by atoms with Crippen LogP contribution in [-0.2, 0) is 55.5 Å². The SMILES string of the molecule is CCCCCC(O)/C=C/C1C(=O)CC(O)C1CCCCCCC(=O)SCCNC(=O)CCNC(=O)C(O)C(C)(C)COP(=O)(O)OP(=O)(O)OCC1OC(n2cnc3c(N)ncnc32)C(O)C1OP(=O)(O)O. The van der Waals surface area contributed by atoms with Gasteiger partial charge in [0.15, 0.2) is 22.8 Å². The molecule has 1 aliphatic carbocycles. The molecule has 2 amide bonds. The summed E-state index contributed by atoms with van der Waals surface area (Å²) in [5.74, 6) is -1.81. The van der Waals surface area contributed by atoms with Crippen LogP contribution in [-0.4, -0.2) is 151 Å². The fraction of sp³-hybridized carbons (Fsp3) is 0.732. The summed E-state index contributed by atoms with van der Waals surface area (Å²) in [5.41, 5.74) is 4.23. The molecule has 2 aromatic rings. The van der Waals surface area contributed by atoms with Crippen LogP contribution < -0.4 is 16.4 Å². The number of aromatic nitrogens is 4. The van der Waals surface area contributed by atoms with E-state index in [4.69, 9.17) is 19.5 Å². The largest absolute Gasteiger partial charge is 0.481 e. The standard InChI is InChI=1S/C41H68N7O20P3S/c1-4-5-8-11-25(49)14-15-27-26(28(50)20-29(27)51)12-9-6-7-10-13-32(53)72-19-18-43-31(52)16-17-44-39(56)36(55)41(2,3)22-65-71(62,63)68-70(60,61)64-21-30-35(67-69(57,58)59)34(54)40(66-30)48-24-47-33-37(42)45-23-46-38(33)48/h14-15,23-28,30,34-36,40,49-50,54-55H,4-13,16-22H2,1-3H3,(H,43,52)(H,44,56)(H,60,61)(H,62,63)(H2,42,45,46)(H2,57,58,59)/b15-14+. The molecule has 3 heterocycles. The number of phosphoric acid groups is 3. The average molecular weight is 1100 g/mol. The van der Waals surface area contributed by atoms with E-state index in [0.717, 1.165) is 67.5 Å². The molecule has 31 heteroatoms. The Hall–Kier alpha value is -3.11. The Morgan fingerprint density at radius 1 is 0.972 bits per heavy atom. The third-order valence-electron chi connectivity index (χ3n) is 11.8. The lowest BCUT2D eigenvalue weighted by molar-refractivity contribution is -0.137. The van der Waals surface area contributed by atoms with Crippen LogP contribution in [0.3, 0.4) is 0 Å². The zero-order chi connectivity index (χ0) is 53.4. The molecule has 2 aromatic heterocycles. The molecule has 1 saturated carbocycles. The summed E-state index contributed by atoms with van der Waals surface area (Å²) < 4.78 is 62.5. The Balaban J connectivity index is 1.09. The molecule has 0 bridgehead atoms. The molecule has 1 saturated heterocycles. The highest BCUT2D eigenvalue weighted by Gasteiger charge is 2.50. The maximum Gasteiger partial charge on any atom is 0.481 e. The van der Waals surface area contributed by atoms with Crippen molar-refractivity contribution in [3.05, 3.63) is 24.8 Å². The normalized spacial score (nSPS) is 24.3. The number of ketones is 1. The van der Waals surface area contributed by atoms with Gasteiger partial charge in [0.1, 0.15) is 42.0 Å². The number of amides is 2. The van der Waals surface area contributed by atoms with E-state index in [1.807, 2.05) is 0 Å². The topological polar surface area (TPSA) is 421 Å². The van der Waals surface area contributed by atoms with Crippen molar-refractivity contribution in [3.8, 4) is 0 Å². The van der Waals surface area contributed by atoms with Gasteiger partial charge in [-0.3, -0.25) is 37.3 Å². The van der Waals surface area contributed by atoms with Crippen molar-refractivity contribution in [2.24, 2.45) is 17.3 Å². The van der Waals surface area contributed by atoms with Gasteiger partial charge < -0.3 is 61.1 Å². The molecule has 12 N–H and O–H groups in total. The number of carbonyl (C=O) groups is 4. The number of hydrogen-bond acceptors (Lipinski definition) is 21. The first kappa shape index (κ1) is 61.4. The zero-order valence-electron chi connectivity index (χ0n) is 40.1. The van der Waals surface area contributed by atoms with Gasteiger partial charge in [0.2, 0.25) is 11.8 Å². The van der Waals surface area contributed by atoms with Gasteiger partial charge in [-0.15, -0.1) is 0 Å². The van der Waals surface area contributed by atoms with Crippen molar-refractivity contribution in [1.82, 2.24) is 30.2 Å². The number of imidazole rings is 1. The Morgan fingerprint density at radius 2 is 1.68 bits per heavy atom. The van der Waals surface area contributed by atoms with Crippen LogP contribution in [0.25, 0.3) is 11.2 Å². The van der Waals surface area contributed by atoms with Gasteiger partial charge in [-0.25, -0.2) is 28.6 Å². The molecule has 0 spiro atoms. The molecule has 1 aliphatic heterocycles. The highest BCUT2D eigenvalue weighted by Crippen LogP contribution is 2.61. The van der Waals surface area contributed by atoms with Gasteiger partial charge in [0.05, 0.1) is 31.7 Å². The summed E-state index contributed by atoms with van der Waals surface area (Å²) >= 11 is 1.07. The first-order valence-electron chi connectivity index (χ1n) is 23.4. The lowest BCUT2D eigenvalue weighted by Crippen LogP contribution is -2.46. The van der Waals surface area contributed by atoms with Gasteiger partial charge in [-0.1, -0.05) is 83.2 Å². The number of ether oxygens (including phenoxy) is 1. The molecule has 11 atom stereocenters. The van der Waals surface area contributed by atoms with Crippen molar-refractivity contribution < 1.29 is 95.5 Å². The number of thioether (sulfide) groups is 1. The van der Waals surface area contributed by atoms with Gasteiger partial charge in [-0.2, -0.15) is 4.31 Å². The third kappa shape index (κ3) is 19.5. The summed E-state index contributed by atoms with van der Waals surface area (Å²) in [7, 11) is -16.5. The Labute approximate surface area is 419 Å². The Kier molecular flexibility index (Phi) is 24.0. The average Bonchev–Trinajstić information content (AvgIpc) is 3.94. The number of unbranched alkanes of at least 4 members (excludes halogenated alkanes) is 5. The molecule has 27 nitrogen and oxygen atoms in total. The summed E-state index contributed by atoms with van der Waals surface area (Å²) in [6.07, 6.45) is 2.88. The lowest BCUT2D eigenvalue weighted by Gasteiger charge is -2.30. The number of nitrogens with one attached hydrogen (secondary N) is 2. The van der Waals surface area contributed by atoms with Gasteiger partial charge in [0, 0.05) is 49.4 Å². The molecule has 0 aromatic carbocycles. The quantitative estimate of drug-likeness (QED) is 0.0284. The number of allylic oxidation sites excluding steroid dienone is 1. The smallest absolute Gasteiger partial charge is 0.392 e. The van der Waals surface area contributed by atoms with Crippen molar-refractivity contribution in [2.75, 3.05) is 37.8 Å². The fourth-order valence-corrected chi connectivity index (χ4v) is 11.5. The highest BCUT2D eigenvalue weighted by atomic mass is 32.2. The van der Waals surface area contributed by atoms with Crippen molar-refractivity contribution in [3.63, 3.8) is 0 Å². The minimum Gasteiger partial charge on any atom is -0.392 e. The molecule has 4 rings (SSSR count). The summed E-state index contributed by atoms with van der Waals surface area (Å²) in [4.78, 5) is 101. The summed E-state index contributed by atoms with van der Waals surface area (Å²) in [5, 5.41) is 47.2. The zero-order valence-corrected chi connectivity index (χ0v) is 43.6. The molecular formula is C41H68N7O20P3S. The van der Waals surface area contributed by atoms with E-state index in [2.05, 4.69) is 41.3 Å². The third-order valence-corrected chi connectivity index (χ3v) is 15.8. The molecule has 2 fully saturated rings. The number of nitrogens with zero attached hydrogens (tertiary/aromatic N) is 4. The molecule has 0 radical (unpaired) electrons. The molecular weight excluding hydrogens is 1040 g/mol. The van der Waals surface area contributed by atoms with E-state index < -0.39 is 103 Å². The van der Waals surface area contributed by atoms with Crippen LogP contribution in [0, 0.1) is 17.3 Å². The molecule has 408 valence electrons.